The fourth-order valence-electron chi connectivity index (χ4n) is 2.81. The molecule has 2 aromatic rings. The van der Waals surface area contributed by atoms with Crippen LogP contribution < -0.4 is 4.74 Å². The fourth-order valence-corrected chi connectivity index (χ4v) is 3.91. The van der Waals surface area contributed by atoms with Crippen molar-refractivity contribution < 1.29 is 28.6 Å². The molecule has 0 spiro atoms. The second-order valence-corrected chi connectivity index (χ2v) is 9.29. The molecule has 0 radical (unpaired) electrons. The van der Waals surface area contributed by atoms with Crippen LogP contribution in [-0.4, -0.2) is 33.0 Å². The highest BCUT2D eigenvalue weighted by Crippen LogP contribution is 2.54. The van der Waals surface area contributed by atoms with E-state index in [1.165, 1.54) is 0 Å². The summed E-state index contributed by atoms with van der Waals surface area (Å²) in [4.78, 5) is 34.3. The van der Waals surface area contributed by atoms with Crippen LogP contribution in [0.25, 0.3) is 0 Å². The molecule has 0 saturated heterocycles. The molecule has 0 heterocycles. The third kappa shape index (κ3) is 6.93. The van der Waals surface area contributed by atoms with Crippen LogP contribution in [0.3, 0.4) is 0 Å². The number of amides is 1. The molecule has 160 valence electrons. The molecule has 0 aliphatic carbocycles. The van der Waals surface area contributed by atoms with Gasteiger partial charge in [-0.3, -0.25) is 9.46 Å². The number of carbonyl (C=O) groups is 1. The number of terminal acetylenes is 1. The van der Waals surface area contributed by atoms with Crippen molar-refractivity contribution in [2.75, 3.05) is 6.61 Å². The molecule has 0 aromatic heterocycles. The maximum absolute atomic E-state index is 13.0. The van der Waals surface area contributed by atoms with Gasteiger partial charge < -0.3 is 19.3 Å². The minimum absolute atomic E-state index is 0.0777. The van der Waals surface area contributed by atoms with Crippen LogP contribution in [0, 0.1) is 12.3 Å². The van der Waals surface area contributed by atoms with Crippen LogP contribution in [0.15, 0.2) is 54.6 Å². The standard InChI is InChI=1S/C22H26NO6P/c1-5-14-28-19-13-9-10-17(15-19)16-23(21(24)29-22(2,3)4)20(30(25,26)27)18-11-7-6-8-12-18/h1,6-13,15,20H,14,16H2,2-4H3,(H2,25,26,27). The average molecular weight is 431 g/mol. The Balaban J connectivity index is 2.47. The molecule has 2 rings (SSSR count). The van der Waals surface area contributed by atoms with Crippen LogP contribution in [-0.2, 0) is 15.8 Å². The molecule has 0 aliphatic rings. The lowest BCUT2D eigenvalue weighted by Gasteiger charge is -2.34. The minimum atomic E-state index is -4.77. The van der Waals surface area contributed by atoms with E-state index in [1.807, 2.05) is 0 Å². The lowest BCUT2D eigenvalue weighted by Crippen LogP contribution is -2.39. The Morgan fingerprint density at radius 3 is 2.40 bits per heavy atom. The van der Waals surface area contributed by atoms with Crippen molar-refractivity contribution in [2.45, 2.75) is 38.7 Å². The van der Waals surface area contributed by atoms with E-state index >= 15 is 0 Å². The molecule has 0 fully saturated rings. The molecule has 1 amide bonds. The summed E-state index contributed by atoms with van der Waals surface area (Å²) in [5, 5.41) is 0. The molecule has 7 nitrogen and oxygen atoms in total. The van der Waals surface area contributed by atoms with Gasteiger partial charge in [0.05, 0.1) is 6.54 Å². The van der Waals surface area contributed by atoms with Gasteiger partial charge in [-0.1, -0.05) is 48.4 Å². The van der Waals surface area contributed by atoms with Crippen molar-refractivity contribution in [2.24, 2.45) is 0 Å². The number of nitrogens with zero attached hydrogens (tertiary/aromatic N) is 1. The van der Waals surface area contributed by atoms with Gasteiger partial charge in [0.1, 0.15) is 18.0 Å². The molecule has 0 aliphatic heterocycles. The van der Waals surface area contributed by atoms with E-state index in [2.05, 4.69) is 5.92 Å². The number of carbonyl (C=O) groups excluding carboxylic acids is 1. The van der Waals surface area contributed by atoms with E-state index in [-0.39, 0.29) is 13.2 Å². The van der Waals surface area contributed by atoms with Gasteiger partial charge in [-0.25, -0.2) is 4.79 Å². The summed E-state index contributed by atoms with van der Waals surface area (Å²) in [5.41, 5.74) is 0.0599. The molecule has 8 heteroatoms. The van der Waals surface area contributed by atoms with Crippen LogP contribution in [0.2, 0.25) is 0 Å². The number of ether oxygens (including phenoxy) is 2. The first-order chi connectivity index (χ1) is 14.0. The van der Waals surface area contributed by atoms with Crippen molar-refractivity contribution in [3.05, 3.63) is 65.7 Å². The second-order valence-electron chi connectivity index (χ2n) is 7.62. The van der Waals surface area contributed by atoms with E-state index in [4.69, 9.17) is 15.9 Å². The molecule has 0 saturated carbocycles. The summed E-state index contributed by atoms with van der Waals surface area (Å²) in [5.74, 6) is 1.35. The molecular formula is C22H26NO6P. The van der Waals surface area contributed by atoms with E-state index in [0.717, 1.165) is 4.90 Å². The third-order valence-electron chi connectivity index (χ3n) is 3.91. The Bertz CT molecular complexity index is 942. The Labute approximate surface area is 176 Å². The van der Waals surface area contributed by atoms with Crippen LogP contribution in [0.4, 0.5) is 4.79 Å². The third-order valence-corrected chi connectivity index (χ3v) is 5.13. The summed E-state index contributed by atoms with van der Waals surface area (Å²) in [6.45, 7) is 5.03. The average Bonchev–Trinajstić information content (AvgIpc) is 2.64. The predicted octanol–water partition coefficient (Wildman–Crippen LogP) is 4.31. The van der Waals surface area contributed by atoms with Gasteiger partial charge in [0.2, 0.25) is 0 Å². The molecule has 2 N–H and O–H groups in total. The minimum Gasteiger partial charge on any atom is -0.481 e. The lowest BCUT2D eigenvalue weighted by atomic mass is 10.1. The largest absolute Gasteiger partial charge is 0.481 e. The van der Waals surface area contributed by atoms with Crippen molar-refractivity contribution in [1.29, 1.82) is 0 Å². The zero-order chi connectivity index (χ0) is 22.4. The smallest absolute Gasteiger partial charge is 0.411 e. The first-order valence-corrected chi connectivity index (χ1v) is 10.9. The van der Waals surface area contributed by atoms with E-state index in [0.29, 0.717) is 16.9 Å². The fraction of sp³-hybridized carbons (Fsp3) is 0.318. The van der Waals surface area contributed by atoms with Crippen molar-refractivity contribution >= 4 is 13.7 Å². The number of rotatable bonds is 7. The lowest BCUT2D eigenvalue weighted by molar-refractivity contribution is 0.0181. The molecule has 1 unspecified atom stereocenters. The van der Waals surface area contributed by atoms with Crippen molar-refractivity contribution in [3.63, 3.8) is 0 Å². The van der Waals surface area contributed by atoms with Crippen LogP contribution >= 0.6 is 7.60 Å². The summed E-state index contributed by atoms with van der Waals surface area (Å²) in [6, 6.07) is 15.0. The van der Waals surface area contributed by atoms with Gasteiger partial charge in [-0.2, -0.15) is 0 Å². The number of hydrogen-bond acceptors (Lipinski definition) is 4. The van der Waals surface area contributed by atoms with Gasteiger partial charge in [0.15, 0.2) is 5.78 Å². The Morgan fingerprint density at radius 1 is 1.17 bits per heavy atom. The maximum Gasteiger partial charge on any atom is 0.411 e. The van der Waals surface area contributed by atoms with E-state index < -0.39 is 25.1 Å². The highest BCUT2D eigenvalue weighted by molar-refractivity contribution is 7.52. The predicted molar refractivity (Wildman–Crippen MR) is 114 cm³/mol. The van der Waals surface area contributed by atoms with Crippen LogP contribution in [0.1, 0.15) is 37.7 Å². The summed E-state index contributed by atoms with van der Waals surface area (Å²) in [7, 11) is -4.77. The summed E-state index contributed by atoms with van der Waals surface area (Å²) < 4.78 is 23.3. The molecule has 0 bridgehead atoms. The van der Waals surface area contributed by atoms with Gasteiger partial charge in [-0.05, 0) is 44.0 Å². The molecule has 2 aromatic carbocycles. The summed E-state index contributed by atoms with van der Waals surface area (Å²) >= 11 is 0. The van der Waals surface area contributed by atoms with E-state index in [9.17, 15) is 19.1 Å². The molecule has 30 heavy (non-hydrogen) atoms. The first-order valence-electron chi connectivity index (χ1n) is 9.26. The highest BCUT2D eigenvalue weighted by atomic mass is 31.2. The monoisotopic (exact) mass is 431 g/mol. The Kier molecular flexibility index (Phi) is 7.69. The van der Waals surface area contributed by atoms with Gasteiger partial charge in [0.25, 0.3) is 0 Å². The van der Waals surface area contributed by atoms with Crippen LogP contribution in [0.5, 0.6) is 5.75 Å². The molecule has 1 atom stereocenters. The SMILES string of the molecule is C#CCOc1cccc(CN(C(=O)OC(C)(C)C)C(c2ccccc2)P(=O)(O)O)c1. The number of hydrogen-bond donors (Lipinski definition) is 2. The normalized spacial score (nSPS) is 12.5. The zero-order valence-electron chi connectivity index (χ0n) is 17.2. The Morgan fingerprint density at radius 2 is 1.83 bits per heavy atom. The zero-order valence-corrected chi connectivity index (χ0v) is 18.1. The van der Waals surface area contributed by atoms with Crippen molar-refractivity contribution in [1.82, 2.24) is 4.90 Å². The quantitative estimate of drug-likeness (QED) is 0.501. The molecular weight excluding hydrogens is 405 g/mol. The van der Waals surface area contributed by atoms with Gasteiger partial charge in [0, 0.05) is 0 Å². The number of benzene rings is 2. The first kappa shape index (κ1) is 23.5. The van der Waals surface area contributed by atoms with Gasteiger partial charge >= 0.3 is 13.7 Å². The highest BCUT2D eigenvalue weighted by Gasteiger charge is 2.40. The van der Waals surface area contributed by atoms with Crippen molar-refractivity contribution in [3.8, 4) is 18.1 Å². The topological polar surface area (TPSA) is 96.3 Å². The summed E-state index contributed by atoms with van der Waals surface area (Å²) in [6.07, 6.45) is 4.38. The van der Waals surface area contributed by atoms with E-state index in [1.54, 1.807) is 75.4 Å². The second kappa shape index (κ2) is 9.82. The maximum atomic E-state index is 13.0. The Hall–Kier alpha value is -2.78. The van der Waals surface area contributed by atoms with Gasteiger partial charge in [-0.15, -0.1) is 6.42 Å².